The molecule has 1 aromatic heterocycles. The Morgan fingerprint density at radius 1 is 1.05 bits per heavy atom. The number of hydrogen-bond acceptors (Lipinski definition) is 10. The molecule has 0 spiro atoms. The SMILES string of the molecule is CCc1cc(N2C(=S)N(c3cnc(N)c(C(F)(F)F)c3)C(=O)C2(C)C)ccc1OCC1CCN(CC(=O)Nc2cccc(NC3CCC(=O)NC3=O)c2)CC1. The van der Waals surface area contributed by atoms with Crippen LogP contribution in [0.5, 0.6) is 5.75 Å². The molecule has 1 atom stereocenters. The number of nitrogen functional groups attached to an aromatic ring is 1. The molecule has 13 nitrogen and oxygen atoms in total. The third kappa shape index (κ3) is 8.67. The summed E-state index contributed by atoms with van der Waals surface area (Å²) < 4.78 is 47.1. The van der Waals surface area contributed by atoms with Gasteiger partial charge in [0.05, 0.1) is 30.6 Å². The number of likely N-dealkylation sites (tertiary alicyclic amines) is 1. The zero-order valence-corrected chi connectivity index (χ0v) is 31.5. The Morgan fingerprint density at radius 3 is 2.47 bits per heavy atom. The van der Waals surface area contributed by atoms with Crippen LogP contribution in [0.15, 0.2) is 54.7 Å². The van der Waals surface area contributed by atoms with Crippen molar-refractivity contribution in [3.05, 3.63) is 65.9 Å². The highest BCUT2D eigenvalue weighted by molar-refractivity contribution is 7.81. The minimum atomic E-state index is -4.76. The smallest absolute Gasteiger partial charge is 0.420 e. The van der Waals surface area contributed by atoms with Gasteiger partial charge in [-0.3, -0.25) is 34.3 Å². The number of thiocarbonyl (C=S) groups is 1. The lowest BCUT2D eigenvalue weighted by Crippen LogP contribution is -2.47. The lowest BCUT2D eigenvalue weighted by molar-refractivity contribution is -0.137. The van der Waals surface area contributed by atoms with Crippen molar-refractivity contribution >= 4 is 69.5 Å². The zero-order valence-electron chi connectivity index (χ0n) is 30.7. The molecule has 0 bridgehead atoms. The molecular weight excluding hydrogens is 738 g/mol. The first-order valence-electron chi connectivity index (χ1n) is 18.0. The number of carbonyl (C=O) groups is 4. The predicted molar refractivity (Wildman–Crippen MR) is 206 cm³/mol. The summed E-state index contributed by atoms with van der Waals surface area (Å²) in [5, 5.41) is 8.40. The Balaban J connectivity index is 1.02. The van der Waals surface area contributed by atoms with E-state index in [1.54, 1.807) is 49.1 Å². The van der Waals surface area contributed by atoms with Crippen molar-refractivity contribution in [2.45, 2.75) is 70.6 Å². The van der Waals surface area contributed by atoms with Gasteiger partial charge in [0.15, 0.2) is 5.11 Å². The monoisotopic (exact) mass is 780 g/mol. The number of alkyl halides is 3. The van der Waals surface area contributed by atoms with Gasteiger partial charge in [0.25, 0.3) is 5.91 Å². The molecule has 3 aromatic rings. The van der Waals surface area contributed by atoms with Gasteiger partial charge in [-0.2, -0.15) is 13.2 Å². The Morgan fingerprint density at radius 2 is 1.78 bits per heavy atom. The Bertz CT molecular complexity index is 2000. The van der Waals surface area contributed by atoms with E-state index in [9.17, 15) is 32.3 Å². The topological polar surface area (TPSA) is 162 Å². The number of nitrogens with two attached hydrogens (primary N) is 1. The third-order valence-electron chi connectivity index (χ3n) is 10.1. The van der Waals surface area contributed by atoms with E-state index in [1.165, 1.54) is 0 Å². The number of nitrogens with one attached hydrogen (secondary N) is 3. The number of anilines is 5. The molecule has 55 heavy (non-hydrogen) atoms. The first-order chi connectivity index (χ1) is 26.0. The number of amides is 4. The lowest BCUT2D eigenvalue weighted by Gasteiger charge is -2.32. The van der Waals surface area contributed by atoms with Crippen LogP contribution in [-0.4, -0.2) is 76.4 Å². The normalized spacial score (nSPS) is 19.4. The molecule has 0 aliphatic carbocycles. The molecule has 4 heterocycles. The number of pyridine rings is 1. The number of aromatic nitrogens is 1. The van der Waals surface area contributed by atoms with Gasteiger partial charge in [0.1, 0.15) is 23.1 Å². The third-order valence-corrected chi connectivity index (χ3v) is 10.5. The highest BCUT2D eigenvalue weighted by atomic mass is 32.1. The van der Waals surface area contributed by atoms with E-state index in [1.807, 2.05) is 19.1 Å². The van der Waals surface area contributed by atoms with Gasteiger partial charge in [-0.25, -0.2) is 4.98 Å². The summed E-state index contributed by atoms with van der Waals surface area (Å²) in [6.45, 7) is 7.44. The van der Waals surface area contributed by atoms with E-state index >= 15 is 0 Å². The van der Waals surface area contributed by atoms with Crippen LogP contribution in [0, 0.1) is 5.92 Å². The zero-order chi connectivity index (χ0) is 39.7. The minimum absolute atomic E-state index is 0.0150. The lowest BCUT2D eigenvalue weighted by atomic mass is 9.97. The highest BCUT2D eigenvalue weighted by Gasteiger charge is 2.51. The van der Waals surface area contributed by atoms with E-state index < -0.39 is 35.0 Å². The van der Waals surface area contributed by atoms with Crippen LogP contribution in [-0.2, 0) is 31.8 Å². The quantitative estimate of drug-likeness (QED) is 0.151. The first kappa shape index (κ1) is 39.4. The van der Waals surface area contributed by atoms with Crippen LogP contribution in [0.1, 0.15) is 57.6 Å². The van der Waals surface area contributed by atoms with Gasteiger partial charge in [-0.15, -0.1) is 0 Å². The molecule has 4 amide bonds. The number of rotatable bonds is 11. The van der Waals surface area contributed by atoms with Crippen molar-refractivity contribution < 1.29 is 37.1 Å². The molecule has 3 fully saturated rings. The van der Waals surface area contributed by atoms with E-state index in [0.717, 1.165) is 48.7 Å². The number of imide groups is 1. The average molecular weight is 781 g/mol. The van der Waals surface area contributed by atoms with Crippen LogP contribution >= 0.6 is 12.2 Å². The summed E-state index contributed by atoms with van der Waals surface area (Å²) in [4.78, 5) is 58.5. The summed E-state index contributed by atoms with van der Waals surface area (Å²) in [5.74, 6) is -1.04. The van der Waals surface area contributed by atoms with Crippen molar-refractivity contribution in [1.29, 1.82) is 0 Å². The van der Waals surface area contributed by atoms with E-state index in [-0.39, 0.29) is 47.4 Å². The fraction of sp³-hybridized carbons (Fsp3) is 0.421. The number of halogens is 3. The first-order valence-corrected chi connectivity index (χ1v) is 18.5. The van der Waals surface area contributed by atoms with Crippen LogP contribution < -0.4 is 36.2 Å². The summed E-state index contributed by atoms with van der Waals surface area (Å²) in [7, 11) is 0. The molecule has 6 rings (SSSR count). The second-order valence-corrected chi connectivity index (χ2v) is 14.8. The summed E-state index contributed by atoms with van der Waals surface area (Å²) >= 11 is 5.68. The van der Waals surface area contributed by atoms with Crippen molar-refractivity contribution in [2.75, 3.05) is 52.4 Å². The number of nitrogens with zero attached hydrogens (tertiary/aromatic N) is 4. The summed E-state index contributed by atoms with van der Waals surface area (Å²) in [6.07, 6.45) is -0.707. The Kier molecular flexibility index (Phi) is 11.3. The second kappa shape index (κ2) is 15.8. The number of ether oxygens (including phenoxy) is 1. The number of benzene rings is 2. The van der Waals surface area contributed by atoms with Gasteiger partial charge in [-0.05, 0) is 119 Å². The largest absolute Gasteiger partial charge is 0.493 e. The highest BCUT2D eigenvalue weighted by Crippen LogP contribution is 2.40. The van der Waals surface area contributed by atoms with Gasteiger partial charge < -0.3 is 26.0 Å². The van der Waals surface area contributed by atoms with Gasteiger partial charge in [0, 0.05) is 23.5 Å². The number of piperidine rings is 2. The predicted octanol–water partition coefficient (Wildman–Crippen LogP) is 5.11. The van der Waals surface area contributed by atoms with Crippen molar-refractivity contribution in [1.82, 2.24) is 15.2 Å². The van der Waals surface area contributed by atoms with E-state index in [4.69, 9.17) is 22.7 Å². The van der Waals surface area contributed by atoms with Gasteiger partial charge >= 0.3 is 6.18 Å². The van der Waals surface area contributed by atoms with Crippen LogP contribution in [0.4, 0.5) is 41.7 Å². The molecule has 292 valence electrons. The molecule has 1 unspecified atom stereocenters. The van der Waals surface area contributed by atoms with Gasteiger partial charge in [0.2, 0.25) is 17.7 Å². The van der Waals surface area contributed by atoms with Crippen LogP contribution in [0.2, 0.25) is 0 Å². The molecule has 5 N–H and O–H groups in total. The fourth-order valence-electron chi connectivity index (χ4n) is 7.03. The molecule has 3 aliphatic heterocycles. The second-order valence-electron chi connectivity index (χ2n) is 14.4. The number of aryl methyl sites for hydroxylation is 1. The van der Waals surface area contributed by atoms with Crippen molar-refractivity contribution in [2.24, 2.45) is 5.92 Å². The van der Waals surface area contributed by atoms with Crippen LogP contribution in [0.25, 0.3) is 0 Å². The van der Waals surface area contributed by atoms with Crippen LogP contribution in [0.3, 0.4) is 0 Å². The summed E-state index contributed by atoms with van der Waals surface area (Å²) in [6, 6.07) is 12.9. The Labute approximate surface area is 321 Å². The number of hydrogen-bond donors (Lipinski definition) is 4. The average Bonchev–Trinajstić information content (AvgIpc) is 3.31. The van der Waals surface area contributed by atoms with E-state index in [0.29, 0.717) is 42.3 Å². The molecule has 0 saturated carbocycles. The van der Waals surface area contributed by atoms with Crippen molar-refractivity contribution in [3.63, 3.8) is 0 Å². The molecule has 2 aromatic carbocycles. The molecule has 0 radical (unpaired) electrons. The van der Waals surface area contributed by atoms with Crippen molar-refractivity contribution in [3.8, 4) is 5.75 Å². The summed E-state index contributed by atoms with van der Waals surface area (Å²) in [5.41, 5.74) is 5.73. The van der Waals surface area contributed by atoms with E-state index in [2.05, 4.69) is 25.8 Å². The fourth-order valence-corrected chi connectivity index (χ4v) is 7.56. The standard InChI is InChI=1S/C38H43F3N8O5S/c1-4-23-16-26(49-36(55)48(35(53)37(49,2)3)27-18-28(38(39,40)41)33(42)43-19-27)8-10-30(23)54-21-22-12-14-47(15-13-22)20-32(51)45-25-7-5-6-24(17-25)44-29-9-11-31(50)46-34(29)52/h5-8,10,16-19,22,29,44H,4,9,11-15,20-21H2,1-3H3,(H2,42,43)(H,45,51)(H,46,50,52). The maximum Gasteiger partial charge on any atom is 0.420 e. The maximum atomic E-state index is 13.6. The molecule has 3 saturated heterocycles. The molecular formula is C38H43F3N8O5S. The Hall–Kier alpha value is -5.29. The van der Waals surface area contributed by atoms with Gasteiger partial charge in [-0.1, -0.05) is 13.0 Å². The minimum Gasteiger partial charge on any atom is -0.493 e. The number of carbonyl (C=O) groups excluding carboxylic acids is 4. The maximum absolute atomic E-state index is 13.6. The molecule has 17 heteroatoms. The molecule has 3 aliphatic rings.